The Morgan fingerprint density at radius 3 is 2.33 bits per heavy atom. The number of rotatable bonds is 11. The van der Waals surface area contributed by atoms with E-state index in [1.807, 2.05) is 20.8 Å². The standard InChI is InChI=1S/C31H36N6O6S.C4H10/c1-6-8-19(9-7-2)29(41)36-11-13-37(14-12-36)30(42)26(39)20-16-32-25-23(20)22(43-5)17-33-24(25)21-18-44-28(34-21)27(40)35-31(3,4)10-15-38;1-4(2)3/h6-9,16-18,32,38H,1,10-15H2,2-5H3,(H,35,40);4H,1-3H3/b9-7-,19-8+;. The highest BCUT2D eigenvalue weighted by atomic mass is 32.1. The molecule has 3 N–H and O–H groups in total. The average Bonchev–Trinajstić information content (AvgIpc) is 3.72. The molecule has 258 valence electrons. The van der Waals surface area contributed by atoms with E-state index in [2.05, 4.69) is 47.6 Å². The van der Waals surface area contributed by atoms with E-state index in [0.29, 0.717) is 40.0 Å². The number of hydrogen-bond donors (Lipinski definition) is 3. The topological polar surface area (TPSA) is 158 Å². The Morgan fingerprint density at radius 2 is 1.77 bits per heavy atom. The van der Waals surface area contributed by atoms with Crippen LogP contribution >= 0.6 is 11.3 Å². The van der Waals surface area contributed by atoms with Crippen molar-refractivity contribution in [2.24, 2.45) is 5.92 Å². The number of aliphatic hydroxyl groups excluding tert-OH is 1. The van der Waals surface area contributed by atoms with Crippen LogP contribution in [-0.4, -0.2) is 98.8 Å². The highest BCUT2D eigenvalue weighted by Gasteiger charge is 2.32. The van der Waals surface area contributed by atoms with Crippen LogP contribution in [0.15, 0.2) is 54.2 Å². The molecule has 1 aliphatic heterocycles. The largest absolute Gasteiger partial charge is 0.494 e. The zero-order valence-corrected chi connectivity index (χ0v) is 29.6. The van der Waals surface area contributed by atoms with Gasteiger partial charge in [-0.1, -0.05) is 51.7 Å². The van der Waals surface area contributed by atoms with E-state index < -0.39 is 17.2 Å². The fourth-order valence-electron chi connectivity index (χ4n) is 4.89. The third-order valence-corrected chi connectivity index (χ3v) is 8.05. The van der Waals surface area contributed by atoms with Crippen molar-refractivity contribution in [3.8, 4) is 17.1 Å². The molecule has 1 fully saturated rings. The molecule has 0 saturated carbocycles. The van der Waals surface area contributed by atoms with Gasteiger partial charge in [0.25, 0.3) is 23.5 Å². The van der Waals surface area contributed by atoms with Gasteiger partial charge in [-0.15, -0.1) is 11.3 Å². The predicted octanol–water partition coefficient (Wildman–Crippen LogP) is 4.79. The predicted molar refractivity (Wildman–Crippen MR) is 188 cm³/mol. The monoisotopic (exact) mass is 678 g/mol. The van der Waals surface area contributed by atoms with Crippen LogP contribution in [0.4, 0.5) is 0 Å². The Morgan fingerprint density at radius 1 is 1.15 bits per heavy atom. The van der Waals surface area contributed by atoms with Gasteiger partial charge in [-0.3, -0.25) is 19.2 Å². The molecular weight excluding hydrogens is 632 g/mol. The smallest absolute Gasteiger partial charge is 0.295 e. The number of nitrogens with zero attached hydrogens (tertiary/aromatic N) is 4. The van der Waals surface area contributed by atoms with Gasteiger partial charge in [-0.05, 0) is 33.1 Å². The highest BCUT2D eigenvalue weighted by molar-refractivity contribution is 7.12. The van der Waals surface area contributed by atoms with Crippen molar-refractivity contribution in [3.05, 3.63) is 64.8 Å². The Kier molecular flexibility index (Phi) is 13.4. The molecule has 1 aliphatic rings. The highest BCUT2D eigenvalue weighted by Crippen LogP contribution is 2.35. The summed E-state index contributed by atoms with van der Waals surface area (Å²) < 4.78 is 5.49. The number of aromatic nitrogens is 3. The Labute approximate surface area is 285 Å². The lowest BCUT2D eigenvalue weighted by atomic mass is 10.0. The minimum absolute atomic E-state index is 0.0676. The number of ketones is 1. The lowest BCUT2D eigenvalue weighted by Gasteiger charge is -2.34. The molecule has 12 nitrogen and oxygen atoms in total. The summed E-state index contributed by atoms with van der Waals surface area (Å²) in [7, 11) is 1.44. The number of carbonyl (C=O) groups excluding carboxylic acids is 4. The molecule has 0 atom stereocenters. The van der Waals surface area contributed by atoms with E-state index in [-0.39, 0.29) is 55.2 Å². The number of nitrogens with one attached hydrogen (secondary N) is 2. The van der Waals surface area contributed by atoms with Crippen LogP contribution < -0.4 is 10.1 Å². The van der Waals surface area contributed by atoms with E-state index >= 15 is 0 Å². The van der Waals surface area contributed by atoms with Gasteiger partial charge in [-0.25, -0.2) is 9.97 Å². The number of Topliss-reactive ketones (excluding diaryl/α,β-unsaturated/α-hetero) is 1. The second-order valence-electron chi connectivity index (χ2n) is 12.5. The number of aliphatic hydroxyl groups is 1. The Hall–Kier alpha value is -4.62. The molecule has 3 aromatic heterocycles. The first-order chi connectivity index (χ1) is 22.8. The summed E-state index contributed by atoms with van der Waals surface area (Å²) in [5.74, 6) is -0.835. The summed E-state index contributed by atoms with van der Waals surface area (Å²) in [4.78, 5) is 67.6. The maximum atomic E-state index is 13.5. The van der Waals surface area contributed by atoms with Crippen LogP contribution in [0.25, 0.3) is 22.3 Å². The first-order valence-corrected chi connectivity index (χ1v) is 16.7. The van der Waals surface area contributed by atoms with E-state index in [9.17, 15) is 24.3 Å². The van der Waals surface area contributed by atoms with Gasteiger partial charge in [0.1, 0.15) is 17.1 Å². The number of hydrogen-bond acceptors (Lipinski definition) is 9. The molecule has 0 unspecified atom stereocenters. The van der Waals surface area contributed by atoms with Crippen LogP contribution in [0, 0.1) is 5.92 Å². The van der Waals surface area contributed by atoms with Gasteiger partial charge in [-0.2, -0.15) is 0 Å². The van der Waals surface area contributed by atoms with Gasteiger partial charge in [0, 0.05) is 55.5 Å². The molecule has 3 aromatic rings. The Bertz CT molecular complexity index is 1690. The number of thiazole rings is 1. The SMILES string of the molecule is C=C/C=C(\C=C/C)C(=O)N1CCN(C(=O)C(=O)c2c[nH]c3c(-c4csc(C(=O)NC(C)(C)CCO)n4)ncc(OC)c23)CC1.CC(C)C. The second kappa shape index (κ2) is 17.0. The van der Waals surface area contributed by atoms with Gasteiger partial charge in [0.15, 0.2) is 5.01 Å². The maximum Gasteiger partial charge on any atom is 0.295 e. The summed E-state index contributed by atoms with van der Waals surface area (Å²) in [5, 5.41) is 14.4. The fraction of sp³-hybridized carbons (Fsp3) is 0.429. The van der Waals surface area contributed by atoms with Crippen molar-refractivity contribution in [3.63, 3.8) is 0 Å². The molecule has 48 heavy (non-hydrogen) atoms. The molecule has 3 amide bonds. The zero-order valence-electron chi connectivity index (χ0n) is 28.8. The molecule has 0 aliphatic carbocycles. The first kappa shape index (κ1) is 37.8. The second-order valence-corrected chi connectivity index (χ2v) is 13.3. The number of H-pyrrole nitrogens is 1. The molecular formula is C35H46N6O6S. The maximum absolute atomic E-state index is 13.5. The normalized spacial score (nSPS) is 13.8. The van der Waals surface area contributed by atoms with Gasteiger partial charge in [0.05, 0.1) is 29.8 Å². The molecule has 0 spiro atoms. The minimum atomic E-state index is -0.725. The third-order valence-electron chi connectivity index (χ3n) is 7.21. The number of ether oxygens (including phenoxy) is 1. The summed E-state index contributed by atoms with van der Waals surface area (Å²) in [6, 6.07) is 0. The van der Waals surface area contributed by atoms with Gasteiger partial charge >= 0.3 is 0 Å². The van der Waals surface area contributed by atoms with Crippen molar-refractivity contribution >= 4 is 45.7 Å². The number of carbonyl (C=O) groups is 4. The summed E-state index contributed by atoms with van der Waals surface area (Å²) in [6.07, 6.45) is 9.94. The lowest BCUT2D eigenvalue weighted by molar-refractivity contribution is -0.134. The molecule has 0 radical (unpaired) electrons. The zero-order chi connectivity index (χ0) is 35.6. The molecule has 0 aromatic carbocycles. The van der Waals surface area contributed by atoms with E-state index in [0.717, 1.165) is 17.3 Å². The minimum Gasteiger partial charge on any atom is -0.494 e. The number of pyridine rings is 1. The van der Waals surface area contributed by atoms with Crippen molar-refractivity contribution in [2.75, 3.05) is 39.9 Å². The summed E-state index contributed by atoms with van der Waals surface area (Å²) in [5.41, 5.74) is 1.21. The molecule has 0 bridgehead atoms. The van der Waals surface area contributed by atoms with Crippen molar-refractivity contribution < 1.29 is 29.0 Å². The van der Waals surface area contributed by atoms with Gasteiger partial charge < -0.3 is 29.9 Å². The quantitative estimate of drug-likeness (QED) is 0.113. The van der Waals surface area contributed by atoms with Crippen LogP contribution in [0.3, 0.4) is 0 Å². The lowest BCUT2D eigenvalue weighted by Crippen LogP contribution is -2.52. The van der Waals surface area contributed by atoms with E-state index in [1.54, 1.807) is 34.6 Å². The molecule has 13 heteroatoms. The average molecular weight is 679 g/mol. The number of aromatic amines is 1. The van der Waals surface area contributed by atoms with Crippen LogP contribution in [0.2, 0.25) is 0 Å². The number of fused-ring (bicyclic) bond motifs is 1. The number of amides is 3. The summed E-state index contributed by atoms with van der Waals surface area (Å²) >= 11 is 1.14. The van der Waals surface area contributed by atoms with Crippen molar-refractivity contribution in [2.45, 2.75) is 53.5 Å². The number of methoxy groups -OCH3 is 1. The van der Waals surface area contributed by atoms with Crippen molar-refractivity contribution in [1.29, 1.82) is 0 Å². The van der Waals surface area contributed by atoms with E-state index in [4.69, 9.17) is 4.74 Å². The first-order valence-electron chi connectivity index (χ1n) is 15.8. The molecule has 4 heterocycles. The number of piperazine rings is 1. The van der Waals surface area contributed by atoms with Gasteiger partial charge in [0.2, 0.25) is 0 Å². The fourth-order valence-corrected chi connectivity index (χ4v) is 5.59. The molecule has 4 rings (SSSR count). The summed E-state index contributed by atoms with van der Waals surface area (Å²) in [6.45, 7) is 16.5. The number of allylic oxidation sites excluding steroid dienone is 3. The van der Waals surface area contributed by atoms with Crippen LogP contribution in [-0.2, 0) is 9.59 Å². The van der Waals surface area contributed by atoms with Crippen molar-refractivity contribution in [1.82, 2.24) is 30.1 Å². The molecule has 1 saturated heterocycles. The Balaban J connectivity index is 0.00000148. The van der Waals surface area contributed by atoms with Crippen LogP contribution in [0.5, 0.6) is 5.75 Å². The van der Waals surface area contributed by atoms with E-state index in [1.165, 1.54) is 24.4 Å². The van der Waals surface area contributed by atoms with Crippen LogP contribution in [0.1, 0.15) is 68.1 Å². The third kappa shape index (κ3) is 9.26.